The molecule has 3 heteroatoms. The summed E-state index contributed by atoms with van der Waals surface area (Å²) in [7, 11) is 0. The molecule has 0 amide bonds. The van der Waals surface area contributed by atoms with Crippen molar-refractivity contribution in [3.8, 4) is 0 Å². The first kappa shape index (κ1) is 12.5. The number of anilines is 1. The third-order valence-corrected chi connectivity index (χ3v) is 6.17. The lowest BCUT2D eigenvalue weighted by Crippen LogP contribution is -2.45. The largest absolute Gasteiger partial charge is 0.394 e. The molecule has 1 aromatic heterocycles. The Kier molecular flexibility index (Phi) is 2.90. The predicted octanol–water partition coefficient (Wildman–Crippen LogP) is 2.89. The molecule has 0 radical (unpaired) electrons. The molecule has 0 spiro atoms. The van der Waals surface area contributed by atoms with Crippen molar-refractivity contribution in [3.63, 3.8) is 0 Å². The van der Waals surface area contributed by atoms with Gasteiger partial charge >= 0.3 is 0 Å². The fraction of sp³-hybridized carbons (Fsp3) is 0.706. The zero-order valence-electron chi connectivity index (χ0n) is 12.0. The topological polar surface area (TPSA) is 48.0 Å². The highest BCUT2D eigenvalue weighted by molar-refractivity contribution is 5.33. The van der Waals surface area contributed by atoms with Crippen LogP contribution in [0.5, 0.6) is 0 Å². The van der Waals surface area contributed by atoms with Gasteiger partial charge in [-0.05, 0) is 80.2 Å². The molecule has 5 rings (SSSR count). The smallest absolute Gasteiger partial charge is 0.273 e. The molecule has 1 aromatic rings. The minimum absolute atomic E-state index is 0.0173. The van der Waals surface area contributed by atoms with Gasteiger partial charge in [0.2, 0.25) is 0 Å². The van der Waals surface area contributed by atoms with Gasteiger partial charge in [0.25, 0.3) is 5.56 Å². The minimum Gasteiger partial charge on any atom is -0.394 e. The summed E-state index contributed by atoms with van der Waals surface area (Å²) in [6, 6.07) is 3.58. The van der Waals surface area contributed by atoms with Gasteiger partial charge in [-0.1, -0.05) is 0 Å². The Morgan fingerprint density at radius 1 is 1.10 bits per heavy atom. The number of hydrogen-bond donors (Lipinski definition) is 1. The van der Waals surface area contributed by atoms with Crippen LogP contribution in [0.1, 0.15) is 38.5 Å². The average Bonchev–Trinajstić information content (AvgIpc) is 2.41. The summed E-state index contributed by atoms with van der Waals surface area (Å²) < 4.78 is 1.81. The molecule has 0 aliphatic heterocycles. The molecular weight excluding hydrogens is 248 g/mol. The van der Waals surface area contributed by atoms with E-state index in [1.54, 1.807) is 10.6 Å². The molecule has 0 unspecified atom stereocenters. The van der Waals surface area contributed by atoms with Gasteiger partial charge in [-0.25, -0.2) is 0 Å². The molecule has 4 fully saturated rings. The molecule has 1 heterocycles. The molecule has 0 atom stereocenters. The predicted molar refractivity (Wildman–Crippen MR) is 80.3 cm³/mol. The van der Waals surface area contributed by atoms with Crippen LogP contribution in [0.3, 0.4) is 0 Å². The minimum atomic E-state index is -0.0173. The van der Waals surface area contributed by atoms with Gasteiger partial charge < -0.3 is 10.3 Å². The van der Waals surface area contributed by atoms with Crippen LogP contribution in [-0.2, 0) is 6.54 Å². The van der Waals surface area contributed by atoms with Crippen LogP contribution in [0, 0.1) is 29.6 Å². The van der Waals surface area contributed by atoms with Crippen LogP contribution in [-0.4, -0.2) is 4.57 Å². The molecule has 3 nitrogen and oxygen atoms in total. The fourth-order valence-corrected chi connectivity index (χ4v) is 5.53. The van der Waals surface area contributed by atoms with E-state index < -0.39 is 0 Å². The van der Waals surface area contributed by atoms with Crippen molar-refractivity contribution >= 4 is 5.69 Å². The number of rotatable bonds is 3. The van der Waals surface area contributed by atoms with E-state index in [1.165, 1.54) is 32.1 Å². The highest BCUT2D eigenvalue weighted by Crippen LogP contribution is 2.57. The summed E-state index contributed by atoms with van der Waals surface area (Å²) in [6.45, 7) is 0.844. The van der Waals surface area contributed by atoms with Crippen LogP contribution in [0.15, 0.2) is 23.1 Å². The van der Waals surface area contributed by atoms with Gasteiger partial charge in [-0.15, -0.1) is 0 Å². The van der Waals surface area contributed by atoms with Crippen LogP contribution in [0.25, 0.3) is 0 Å². The number of aryl methyl sites for hydroxylation is 1. The van der Waals surface area contributed by atoms with Gasteiger partial charge in [-0.2, -0.15) is 0 Å². The van der Waals surface area contributed by atoms with Crippen LogP contribution >= 0.6 is 0 Å². The first-order valence-electron chi connectivity index (χ1n) is 8.15. The summed E-state index contributed by atoms with van der Waals surface area (Å²) in [5.74, 6) is 4.81. The molecule has 4 saturated carbocycles. The second kappa shape index (κ2) is 4.64. The molecule has 2 N–H and O–H groups in total. The standard InChI is InChI=1S/C17H24N2O/c18-16-2-1-4-19(17(16)20)5-3-15-13-7-11-6-12(9-13)10-14(15)8-11/h1-2,4,11-15H,3,5-10,18H2. The van der Waals surface area contributed by atoms with Crippen LogP contribution < -0.4 is 11.3 Å². The Morgan fingerprint density at radius 3 is 2.40 bits per heavy atom. The van der Waals surface area contributed by atoms with E-state index in [1.807, 2.05) is 12.3 Å². The number of aromatic nitrogens is 1. The highest BCUT2D eigenvalue weighted by atomic mass is 16.1. The van der Waals surface area contributed by atoms with E-state index in [0.29, 0.717) is 5.69 Å². The Balaban J connectivity index is 1.47. The first-order valence-corrected chi connectivity index (χ1v) is 8.15. The van der Waals surface area contributed by atoms with Crippen molar-refractivity contribution in [2.24, 2.45) is 29.6 Å². The van der Waals surface area contributed by atoms with Crippen molar-refractivity contribution in [1.82, 2.24) is 4.57 Å². The lowest BCUT2D eigenvalue weighted by molar-refractivity contribution is -0.0411. The van der Waals surface area contributed by atoms with E-state index in [9.17, 15) is 4.79 Å². The Labute approximate surface area is 120 Å². The average molecular weight is 272 g/mol. The molecule has 4 aliphatic carbocycles. The molecule has 20 heavy (non-hydrogen) atoms. The molecular formula is C17H24N2O. The van der Waals surface area contributed by atoms with E-state index in [4.69, 9.17) is 5.73 Å². The summed E-state index contributed by atoms with van der Waals surface area (Å²) in [5, 5.41) is 0. The maximum atomic E-state index is 12.0. The van der Waals surface area contributed by atoms with Gasteiger partial charge in [0, 0.05) is 12.7 Å². The Morgan fingerprint density at radius 2 is 1.75 bits per heavy atom. The van der Waals surface area contributed by atoms with Crippen LogP contribution in [0.4, 0.5) is 5.69 Å². The maximum Gasteiger partial charge on any atom is 0.273 e. The van der Waals surface area contributed by atoms with Crippen molar-refractivity contribution in [2.45, 2.75) is 45.1 Å². The molecule has 4 bridgehead atoms. The van der Waals surface area contributed by atoms with Crippen molar-refractivity contribution in [2.75, 3.05) is 5.73 Å². The van der Waals surface area contributed by atoms with Gasteiger partial charge in [0.1, 0.15) is 0 Å². The molecule has 4 aliphatic rings. The number of nitrogens with zero attached hydrogens (tertiary/aromatic N) is 1. The zero-order valence-corrected chi connectivity index (χ0v) is 12.0. The monoisotopic (exact) mass is 272 g/mol. The number of hydrogen-bond acceptors (Lipinski definition) is 2. The van der Waals surface area contributed by atoms with Crippen LogP contribution in [0.2, 0.25) is 0 Å². The Hall–Kier alpha value is -1.25. The van der Waals surface area contributed by atoms with Gasteiger partial charge in [0.15, 0.2) is 0 Å². The van der Waals surface area contributed by atoms with E-state index in [0.717, 1.165) is 42.6 Å². The summed E-state index contributed by atoms with van der Waals surface area (Å²) in [5.41, 5.74) is 6.07. The van der Waals surface area contributed by atoms with Crippen molar-refractivity contribution in [1.29, 1.82) is 0 Å². The number of pyridine rings is 1. The van der Waals surface area contributed by atoms with E-state index in [-0.39, 0.29) is 5.56 Å². The van der Waals surface area contributed by atoms with Crippen molar-refractivity contribution in [3.05, 3.63) is 28.7 Å². The number of nitrogens with two attached hydrogens (primary N) is 1. The lowest BCUT2D eigenvalue weighted by Gasteiger charge is -2.54. The third-order valence-electron chi connectivity index (χ3n) is 6.17. The number of nitrogen functional groups attached to an aromatic ring is 1. The lowest BCUT2D eigenvalue weighted by atomic mass is 9.51. The molecule has 108 valence electrons. The Bertz CT molecular complexity index is 534. The third kappa shape index (κ3) is 1.99. The molecule has 0 saturated heterocycles. The van der Waals surface area contributed by atoms with E-state index >= 15 is 0 Å². The summed E-state index contributed by atoms with van der Waals surface area (Å²) in [6.07, 6.45) is 10.4. The zero-order chi connectivity index (χ0) is 13.7. The van der Waals surface area contributed by atoms with E-state index in [2.05, 4.69) is 0 Å². The SMILES string of the molecule is Nc1cccn(CCC2C3CC4CC(C3)CC2C4)c1=O. The first-order chi connectivity index (χ1) is 9.70. The highest BCUT2D eigenvalue weighted by Gasteiger charge is 2.47. The quantitative estimate of drug-likeness (QED) is 0.919. The molecule has 0 aromatic carbocycles. The summed E-state index contributed by atoms with van der Waals surface area (Å²) >= 11 is 0. The van der Waals surface area contributed by atoms with Crippen molar-refractivity contribution < 1.29 is 0 Å². The van der Waals surface area contributed by atoms with Gasteiger partial charge in [0.05, 0.1) is 5.69 Å². The second-order valence-corrected chi connectivity index (χ2v) is 7.35. The maximum absolute atomic E-state index is 12.0. The normalized spacial score (nSPS) is 38.3. The van der Waals surface area contributed by atoms with Gasteiger partial charge in [-0.3, -0.25) is 4.79 Å². The fourth-order valence-electron chi connectivity index (χ4n) is 5.53. The summed E-state index contributed by atoms with van der Waals surface area (Å²) in [4.78, 5) is 12.0. The second-order valence-electron chi connectivity index (χ2n) is 7.35.